The fraction of sp³-hybridized carbons (Fsp3) is 0.167. The summed E-state index contributed by atoms with van der Waals surface area (Å²) in [5.41, 5.74) is 2.58. The van der Waals surface area contributed by atoms with Crippen LogP contribution < -0.4 is 4.90 Å². The molecule has 3 rings (SSSR count). The Kier molecular flexibility index (Phi) is 4.59. The fourth-order valence-corrected chi connectivity index (χ4v) is 2.33. The average molecular weight is 306 g/mol. The van der Waals surface area contributed by atoms with Crippen LogP contribution in [0.2, 0.25) is 0 Å². The van der Waals surface area contributed by atoms with Gasteiger partial charge in [0.15, 0.2) is 11.6 Å². The second-order valence-corrected chi connectivity index (χ2v) is 5.18. The molecule has 5 nitrogen and oxygen atoms in total. The number of hydrogen-bond donors (Lipinski definition) is 1. The van der Waals surface area contributed by atoms with Gasteiger partial charge in [0.25, 0.3) is 0 Å². The van der Waals surface area contributed by atoms with Gasteiger partial charge >= 0.3 is 0 Å². The smallest absolute Gasteiger partial charge is 0.183 e. The molecular weight excluding hydrogens is 288 g/mol. The highest BCUT2D eigenvalue weighted by Crippen LogP contribution is 2.27. The predicted octanol–water partition coefficient (Wildman–Crippen LogP) is 2.63. The van der Waals surface area contributed by atoms with Crippen LogP contribution in [0.3, 0.4) is 0 Å². The van der Waals surface area contributed by atoms with Gasteiger partial charge in [-0.05, 0) is 0 Å². The van der Waals surface area contributed by atoms with Crippen LogP contribution in [-0.2, 0) is 0 Å². The van der Waals surface area contributed by atoms with Crippen molar-refractivity contribution in [2.24, 2.45) is 0 Å². The molecule has 0 saturated heterocycles. The maximum Gasteiger partial charge on any atom is 0.183 e. The second-order valence-electron chi connectivity index (χ2n) is 5.18. The number of benzene rings is 2. The van der Waals surface area contributed by atoms with Gasteiger partial charge in [0, 0.05) is 24.7 Å². The molecule has 3 aromatic rings. The fourth-order valence-electron chi connectivity index (χ4n) is 2.33. The normalized spacial score (nSPS) is 10.5. The first kappa shape index (κ1) is 15.1. The molecule has 0 aliphatic rings. The van der Waals surface area contributed by atoms with Crippen LogP contribution in [0.5, 0.6) is 0 Å². The van der Waals surface area contributed by atoms with Gasteiger partial charge < -0.3 is 10.0 Å². The molecule has 0 radical (unpaired) electrons. The summed E-state index contributed by atoms with van der Waals surface area (Å²) in [6, 6.07) is 19.6. The van der Waals surface area contributed by atoms with Gasteiger partial charge in [-0.25, -0.2) is 4.98 Å². The van der Waals surface area contributed by atoms with Crippen molar-refractivity contribution in [3.8, 4) is 22.6 Å². The van der Waals surface area contributed by atoms with E-state index in [9.17, 15) is 5.11 Å². The number of aromatic nitrogens is 3. The van der Waals surface area contributed by atoms with Crippen molar-refractivity contribution in [3.05, 3.63) is 60.7 Å². The van der Waals surface area contributed by atoms with Gasteiger partial charge in [-0.3, -0.25) is 0 Å². The van der Waals surface area contributed by atoms with E-state index in [4.69, 9.17) is 0 Å². The van der Waals surface area contributed by atoms with Crippen LogP contribution in [-0.4, -0.2) is 40.5 Å². The van der Waals surface area contributed by atoms with Crippen molar-refractivity contribution in [1.29, 1.82) is 0 Å². The average Bonchev–Trinajstić information content (AvgIpc) is 2.63. The van der Waals surface area contributed by atoms with Gasteiger partial charge in [0.05, 0.1) is 6.61 Å². The molecule has 0 aliphatic heterocycles. The Morgan fingerprint density at radius 2 is 1.48 bits per heavy atom. The zero-order chi connectivity index (χ0) is 16.1. The van der Waals surface area contributed by atoms with E-state index in [1.165, 1.54) is 0 Å². The molecule has 0 amide bonds. The predicted molar refractivity (Wildman–Crippen MR) is 91.1 cm³/mol. The lowest BCUT2D eigenvalue weighted by atomic mass is 10.1. The SMILES string of the molecule is CN(CCO)c1nc(-c2ccccc2)nnc1-c1ccccc1. The summed E-state index contributed by atoms with van der Waals surface area (Å²) in [6.07, 6.45) is 0. The minimum absolute atomic E-state index is 0.0510. The molecule has 116 valence electrons. The Hall–Kier alpha value is -2.79. The Bertz CT molecular complexity index is 762. The van der Waals surface area contributed by atoms with E-state index in [1.54, 1.807) is 0 Å². The third-order valence-electron chi connectivity index (χ3n) is 3.54. The minimum atomic E-state index is 0.0510. The van der Waals surface area contributed by atoms with Crippen LogP contribution in [0.4, 0.5) is 5.82 Å². The number of aliphatic hydroxyl groups is 1. The summed E-state index contributed by atoms with van der Waals surface area (Å²) >= 11 is 0. The number of nitrogens with zero attached hydrogens (tertiary/aromatic N) is 4. The van der Waals surface area contributed by atoms with Gasteiger partial charge in [0.1, 0.15) is 5.69 Å². The van der Waals surface area contributed by atoms with Crippen molar-refractivity contribution >= 4 is 5.82 Å². The maximum atomic E-state index is 9.24. The van der Waals surface area contributed by atoms with Crippen molar-refractivity contribution in [2.45, 2.75) is 0 Å². The number of hydrogen-bond acceptors (Lipinski definition) is 5. The highest BCUT2D eigenvalue weighted by molar-refractivity contribution is 5.73. The maximum absolute atomic E-state index is 9.24. The zero-order valence-electron chi connectivity index (χ0n) is 12.9. The van der Waals surface area contributed by atoms with Crippen molar-refractivity contribution < 1.29 is 5.11 Å². The summed E-state index contributed by atoms with van der Waals surface area (Å²) in [7, 11) is 1.89. The Labute approximate surface area is 135 Å². The molecule has 1 N–H and O–H groups in total. The molecule has 0 unspecified atom stereocenters. The van der Waals surface area contributed by atoms with E-state index in [1.807, 2.05) is 72.6 Å². The summed E-state index contributed by atoms with van der Waals surface area (Å²) in [5, 5.41) is 17.9. The molecule has 1 aromatic heterocycles. The monoisotopic (exact) mass is 306 g/mol. The van der Waals surface area contributed by atoms with Gasteiger partial charge in [-0.15, -0.1) is 10.2 Å². The third-order valence-corrected chi connectivity index (χ3v) is 3.54. The van der Waals surface area contributed by atoms with Gasteiger partial charge in [-0.1, -0.05) is 60.7 Å². The van der Waals surface area contributed by atoms with Gasteiger partial charge in [0.2, 0.25) is 0 Å². The number of aliphatic hydroxyl groups excluding tert-OH is 1. The first-order chi connectivity index (χ1) is 11.3. The summed E-state index contributed by atoms with van der Waals surface area (Å²) in [6.45, 7) is 0.530. The van der Waals surface area contributed by atoms with Crippen LogP contribution in [0.1, 0.15) is 0 Å². The second kappa shape index (κ2) is 6.98. The van der Waals surface area contributed by atoms with Crippen LogP contribution >= 0.6 is 0 Å². The molecule has 5 heteroatoms. The number of rotatable bonds is 5. The van der Waals surface area contributed by atoms with E-state index in [2.05, 4.69) is 15.2 Å². The van der Waals surface area contributed by atoms with E-state index >= 15 is 0 Å². The van der Waals surface area contributed by atoms with Crippen molar-refractivity contribution in [1.82, 2.24) is 15.2 Å². The quantitative estimate of drug-likeness (QED) is 0.785. The Morgan fingerprint density at radius 3 is 2.09 bits per heavy atom. The van der Waals surface area contributed by atoms with Crippen LogP contribution in [0, 0.1) is 0 Å². The zero-order valence-corrected chi connectivity index (χ0v) is 12.9. The minimum Gasteiger partial charge on any atom is -0.395 e. The highest BCUT2D eigenvalue weighted by Gasteiger charge is 2.15. The summed E-state index contributed by atoms with van der Waals surface area (Å²) in [4.78, 5) is 6.57. The van der Waals surface area contributed by atoms with Crippen molar-refractivity contribution in [2.75, 3.05) is 25.1 Å². The molecule has 0 aliphatic carbocycles. The molecular formula is C18H18N4O. The van der Waals surface area contributed by atoms with Gasteiger partial charge in [-0.2, -0.15) is 0 Å². The molecule has 0 bridgehead atoms. The number of anilines is 1. The van der Waals surface area contributed by atoms with Crippen molar-refractivity contribution in [3.63, 3.8) is 0 Å². The van der Waals surface area contributed by atoms with Crippen LogP contribution in [0.25, 0.3) is 22.6 Å². The molecule has 2 aromatic carbocycles. The van der Waals surface area contributed by atoms with E-state index < -0.39 is 0 Å². The Morgan fingerprint density at radius 1 is 0.870 bits per heavy atom. The summed E-state index contributed by atoms with van der Waals surface area (Å²) < 4.78 is 0. The number of likely N-dealkylation sites (N-methyl/N-ethyl adjacent to an activating group) is 1. The topological polar surface area (TPSA) is 62.1 Å². The van der Waals surface area contributed by atoms with E-state index in [0.717, 1.165) is 11.1 Å². The standard InChI is InChI=1S/C18H18N4O/c1-22(12-13-23)18-16(14-8-4-2-5-9-14)20-21-17(19-18)15-10-6-3-7-11-15/h2-11,23H,12-13H2,1H3. The van der Waals surface area contributed by atoms with Crippen LogP contribution in [0.15, 0.2) is 60.7 Å². The lowest BCUT2D eigenvalue weighted by Crippen LogP contribution is -2.24. The largest absolute Gasteiger partial charge is 0.395 e. The summed E-state index contributed by atoms with van der Waals surface area (Å²) in [5.74, 6) is 1.28. The lowest BCUT2D eigenvalue weighted by Gasteiger charge is -2.19. The third kappa shape index (κ3) is 3.35. The molecule has 1 heterocycles. The van der Waals surface area contributed by atoms with E-state index in [0.29, 0.717) is 23.9 Å². The first-order valence-electron chi connectivity index (χ1n) is 7.47. The first-order valence-corrected chi connectivity index (χ1v) is 7.47. The molecule has 0 fully saturated rings. The highest BCUT2D eigenvalue weighted by atomic mass is 16.3. The van der Waals surface area contributed by atoms with E-state index in [-0.39, 0.29) is 6.61 Å². The molecule has 0 saturated carbocycles. The molecule has 23 heavy (non-hydrogen) atoms. The lowest BCUT2D eigenvalue weighted by molar-refractivity contribution is 0.304. The molecule has 0 spiro atoms. The molecule has 0 atom stereocenters. The Balaban J connectivity index is 2.10.